The molecule has 0 amide bonds. The maximum atomic E-state index is 12.6. The number of likely N-dealkylation sites (tertiary alicyclic amines) is 1. The van der Waals surface area contributed by atoms with E-state index in [0.29, 0.717) is 10.7 Å². The lowest BCUT2D eigenvalue weighted by Gasteiger charge is -2.31. The lowest BCUT2D eigenvalue weighted by molar-refractivity contribution is 0.314. The Morgan fingerprint density at radius 3 is 2.39 bits per heavy atom. The number of nitrogens with two attached hydrogens (primary N) is 1. The quantitative estimate of drug-likeness (QED) is 0.855. The minimum absolute atomic E-state index is 0.202. The van der Waals surface area contributed by atoms with Gasteiger partial charge in [-0.1, -0.05) is 18.2 Å². The van der Waals surface area contributed by atoms with Gasteiger partial charge in [-0.25, -0.2) is 0 Å². The Kier molecular flexibility index (Phi) is 4.06. The van der Waals surface area contributed by atoms with Crippen LogP contribution in [-0.2, 0) is 10.0 Å². The summed E-state index contributed by atoms with van der Waals surface area (Å²) in [6.07, 6.45) is 1.73. The second-order valence-corrected chi connectivity index (χ2v) is 8.01. The summed E-state index contributed by atoms with van der Waals surface area (Å²) in [5.74, 6) is 0.588. The molecule has 1 aromatic carbocycles. The van der Waals surface area contributed by atoms with Crippen molar-refractivity contribution in [3.63, 3.8) is 0 Å². The largest absolute Gasteiger partial charge is 0.356 e. The first-order chi connectivity index (χ1) is 10.8. The summed E-state index contributed by atoms with van der Waals surface area (Å²) >= 11 is 0. The van der Waals surface area contributed by atoms with Gasteiger partial charge in [-0.05, 0) is 50.3 Å². The minimum Gasteiger partial charge on any atom is -0.356 e. The zero-order valence-electron chi connectivity index (χ0n) is 13.8. The molecule has 0 radical (unpaired) electrons. The van der Waals surface area contributed by atoms with E-state index in [1.165, 1.54) is 0 Å². The number of hydrogen-bond acceptors (Lipinski definition) is 4. The lowest BCUT2D eigenvalue weighted by atomic mass is 10.0. The topological polar surface area (TPSA) is 75.8 Å². The van der Waals surface area contributed by atoms with E-state index in [1.54, 1.807) is 0 Å². The average Bonchev–Trinajstić information content (AvgIpc) is 2.73. The van der Waals surface area contributed by atoms with Gasteiger partial charge in [0.2, 0.25) is 0 Å². The third-order valence-corrected chi connectivity index (χ3v) is 6.22. The number of piperidine rings is 1. The predicted octanol–water partition coefficient (Wildman–Crippen LogP) is 2.20. The van der Waals surface area contributed by atoms with E-state index >= 15 is 0 Å². The first-order valence-corrected chi connectivity index (χ1v) is 9.38. The number of aryl methyl sites for hydroxylation is 2. The molecule has 1 aromatic rings. The van der Waals surface area contributed by atoms with Gasteiger partial charge in [0, 0.05) is 24.7 Å². The zero-order valence-corrected chi connectivity index (χ0v) is 14.7. The van der Waals surface area contributed by atoms with Crippen LogP contribution >= 0.6 is 0 Å². The SMILES string of the molecule is CC1=C(c2ccc(C)c(C)c2)S(=O)(=O)N=C1N1CCC(N)CC1. The molecule has 3 rings (SSSR count). The van der Waals surface area contributed by atoms with Gasteiger partial charge < -0.3 is 10.6 Å². The van der Waals surface area contributed by atoms with Crippen molar-refractivity contribution in [2.75, 3.05) is 13.1 Å². The third-order valence-electron chi connectivity index (χ3n) is 4.75. The molecule has 0 unspecified atom stereocenters. The van der Waals surface area contributed by atoms with Crippen LogP contribution in [0, 0.1) is 13.8 Å². The van der Waals surface area contributed by atoms with Gasteiger partial charge in [0.05, 0.1) is 0 Å². The highest BCUT2D eigenvalue weighted by atomic mass is 32.2. The van der Waals surface area contributed by atoms with E-state index in [0.717, 1.165) is 48.2 Å². The normalized spacial score (nSPS) is 21.7. The predicted molar refractivity (Wildman–Crippen MR) is 93.6 cm³/mol. The van der Waals surface area contributed by atoms with Crippen LogP contribution in [0.4, 0.5) is 0 Å². The van der Waals surface area contributed by atoms with Crippen molar-refractivity contribution in [3.05, 3.63) is 40.5 Å². The monoisotopic (exact) mass is 333 g/mol. The molecule has 6 heteroatoms. The van der Waals surface area contributed by atoms with E-state index < -0.39 is 10.0 Å². The molecule has 2 aliphatic heterocycles. The Hall–Kier alpha value is -1.66. The van der Waals surface area contributed by atoms with Crippen molar-refractivity contribution in [1.82, 2.24) is 4.90 Å². The van der Waals surface area contributed by atoms with Crippen LogP contribution in [0.2, 0.25) is 0 Å². The van der Waals surface area contributed by atoms with Crippen LogP contribution in [-0.4, -0.2) is 38.3 Å². The van der Waals surface area contributed by atoms with Crippen LogP contribution in [0.25, 0.3) is 4.91 Å². The van der Waals surface area contributed by atoms with Crippen molar-refractivity contribution >= 4 is 20.8 Å². The molecule has 2 aliphatic rings. The molecule has 2 heterocycles. The van der Waals surface area contributed by atoms with E-state index in [-0.39, 0.29) is 6.04 Å². The second kappa shape index (κ2) is 5.76. The summed E-state index contributed by atoms with van der Waals surface area (Å²) in [5, 5.41) is 0. The molecule has 124 valence electrons. The molecule has 5 nitrogen and oxygen atoms in total. The van der Waals surface area contributed by atoms with Crippen molar-refractivity contribution in [1.29, 1.82) is 0 Å². The molecule has 0 saturated carbocycles. The van der Waals surface area contributed by atoms with Crippen molar-refractivity contribution in [3.8, 4) is 0 Å². The minimum atomic E-state index is -3.64. The van der Waals surface area contributed by atoms with Crippen LogP contribution in [0.5, 0.6) is 0 Å². The van der Waals surface area contributed by atoms with Gasteiger partial charge >= 0.3 is 0 Å². The first-order valence-electron chi connectivity index (χ1n) is 7.94. The number of rotatable bonds is 1. The number of amidine groups is 1. The maximum absolute atomic E-state index is 12.6. The highest BCUT2D eigenvalue weighted by molar-refractivity contribution is 8.00. The van der Waals surface area contributed by atoms with E-state index in [1.807, 2.05) is 43.9 Å². The molecule has 0 aromatic heterocycles. The van der Waals surface area contributed by atoms with E-state index in [2.05, 4.69) is 4.40 Å². The fourth-order valence-corrected chi connectivity index (χ4v) is 4.65. The molecule has 1 fully saturated rings. The zero-order chi connectivity index (χ0) is 16.8. The van der Waals surface area contributed by atoms with Gasteiger partial charge in [0.1, 0.15) is 10.7 Å². The van der Waals surface area contributed by atoms with Gasteiger partial charge in [-0.15, -0.1) is 4.40 Å². The van der Waals surface area contributed by atoms with Crippen LogP contribution in [0.1, 0.15) is 36.5 Å². The summed E-state index contributed by atoms with van der Waals surface area (Å²) in [7, 11) is -3.64. The highest BCUT2D eigenvalue weighted by Crippen LogP contribution is 2.34. The van der Waals surface area contributed by atoms with Crippen LogP contribution in [0.3, 0.4) is 0 Å². The molecular weight excluding hydrogens is 310 g/mol. The lowest BCUT2D eigenvalue weighted by Crippen LogP contribution is -2.42. The molecular formula is C17H23N3O2S. The summed E-state index contributed by atoms with van der Waals surface area (Å²) in [5.41, 5.74) is 9.62. The Morgan fingerprint density at radius 2 is 1.78 bits per heavy atom. The van der Waals surface area contributed by atoms with Crippen molar-refractivity contribution in [2.24, 2.45) is 10.1 Å². The van der Waals surface area contributed by atoms with Gasteiger partial charge in [0.25, 0.3) is 10.0 Å². The highest BCUT2D eigenvalue weighted by Gasteiger charge is 2.34. The van der Waals surface area contributed by atoms with Gasteiger partial charge in [-0.2, -0.15) is 8.42 Å². The summed E-state index contributed by atoms with van der Waals surface area (Å²) in [6.45, 7) is 7.37. The Balaban J connectivity index is 2.01. The molecule has 0 atom stereocenters. The number of nitrogens with zero attached hydrogens (tertiary/aromatic N) is 2. The number of benzene rings is 1. The average molecular weight is 333 g/mol. The second-order valence-electron chi connectivity index (χ2n) is 6.47. The van der Waals surface area contributed by atoms with Gasteiger partial charge in [-0.3, -0.25) is 0 Å². The number of sulfonamides is 1. The van der Waals surface area contributed by atoms with Crippen LogP contribution < -0.4 is 5.73 Å². The van der Waals surface area contributed by atoms with Crippen molar-refractivity contribution in [2.45, 2.75) is 39.7 Å². The fourth-order valence-electron chi connectivity index (χ4n) is 3.18. The summed E-state index contributed by atoms with van der Waals surface area (Å²) in [4.78, 5) is 2.38. The smallest absolute Gasteiger partial charge is 0.285 e. The molecule has 2 N–H and O–H groups in total. The summed E-state index contributed by atoms with van der Waals surface area (Å²) < 4.78 is 29.2. The molecule has 0 spiro atoms. The third kappa shape index (κ3) is 2.93. The van der Waals surface area contributed by atoms with Crippen LogP contribution in [0.15, 0.2) is 28.2 Å². The Morgan fingerprint density at radius 1 is 1.13 bits per heavy atom. The molecule has 0 bridgehead atoms. The van der Waals surface area contributed by atoms with Gasteiger partial charge in [0.15, 0.2) is 0 Å². The standard InChI is InChI=1S/C17H23N3O2S/c1-11-4-5-14(10-12(11)2)16-13(3)17(19-23(16,21)22)20-8-6-15(18)7-9-20/h4-5,10,15H,6-9,18H2,1-3H3. The van der Waals surface area contributed by atoms with Crippen molar-refractivity contribution < 1.29 is 8.42 Å². The fraction of sp³-hybridized carbons (Fsp3) is 0.471. The Bertz CT molecular complexity index is 801. The number of hydrogen-bond donors (Lipinski definition) is 1. The molecule has 23 heavy (non-hydrogen) atoms. The Labute approximate surface area is 138 Å². The first kappa shape index (κ1) is 16.2. The maximum Gasteiger partial charge on any atom is 0.285 e. The molecule has 0 aliphatic carbocycles. The van der Waals surface area contributed by atoms with E-state index in [9.17, 15) is 8.42 Å². The van der Waals surface area contributed by atoms with E-state index in [4.69, 9.17) is 5.73 Å². The summed E-state index contributed by atoms with van der Waals surface area (Å²) in [6, 6.07) is 5.95. The molecule has 1 saturated heterocycles.